The molecule has 0 amide bonds. The zero-order valence-electron chi connectivity index (χ0n) is 20.1. The fourth-order valence-corrected chi connectivity index (χ4v) is 3.73. The van der Waals surface area contributed by atoms with Gasteiger partial charge in [0.1, 0.15) is 12.6 Å². The van der Waals surface area contributed by atoms with Crippen LogP contribution < -0.4 is 5.73 Å². The first-order chi connectivity index (χ1) is 15.8. The molecule has 0 radical (unpaired) electrons. The number of unbranched alkanes of at least 4 members (excludes halogenated alkanes) is 11. The van der Waals surface area contributed by atoms with Crippen LogP contribution >= 0.6 is 7.82 Å². The Bertz CT molecular complexity index is 585. The quantitative estimate of drug-likeness (QED) is 0.0764. The summed E-state index contributed by atoms with van der Waals surface area (Å²) in [6.07, 6.45) is 20.2. The Morgan fingerprint density at radius 3 is 2.00 bits per heavy atom. The second kappa shape index (κ2) is 21.3. The number of esters is 1. The molecular formula is C23H44NO8P. The Balaban J connectivity index is 3.50. The molecule has 2 atom stereocenters. The van der Waals surface area contributed by atoms with E-state index in [9.17, 15) is 19.0 Å². The van der Waals surface area contributed by atoms with Gasteiger partial charge in [0.05, 0.1) is 13.2 Å². The van der Waals surface area contributed by atoms with Crippen molar-refractivity contribution in [3.63, 3.8) is 0 Å². The predicted octanol–water partition coefficient (Wildman–Crippen LogP) is 5.11. The molecule has 0 aromatic carbocycles. The van der Waals surface area contributed by atoms with Gasteiger partial charge in [0.25, 0.3) is 0 Å². The molecule has 0 aliphatic rings. The third-order valence-corrected chi connectivity index (χ3v) is 5.96. The highest BCUT2D eigenvalue weighted by Gasteiger charge is 2.24. The smallest absolute Gasteiger partial charge is 0.472 e. The van der Waals surface area contributed by atoms with Gasteiger partial charge >= 0.3 is 19.8 Å². The number of aliphatic carboxylic acids is 1. The highest BCUT2D eigenvalue weighted by molar-refractivity contribution is 7.47. The number of carboxylic acid groups (broad SMARTS) is 1. The molecule has 10 heteroatoms. The molecule has 0 aliphatic carbocycles. The number of phosphoric acid groups is 1. The van der Waals surface area contributed by atoms with Crippen molar-refractivity contribution >= 4 is 19.8 Å². The lowest BCUT2D eigenvalue weighted by atomic mass is 10.1. The highest BCUT2D eigenvalue weighted by atomic mass is 31.2. The Labute approximate surface area is 198 Å². The molecule has 9 nitrogen and oxygen atoms in total. The van der Waals surface area contributed by atoms with Crippen LogP contribution in [0.5, 0.6) is 0 Å². The minimum Gasteiger partial charge on any atom is -0.480 e. The van der Waals surface area contributed by atoms with Gasteiger partial charge in [0, 0.05) is 6.42 Å². The molecule has 1 unspecified atom stereocenters. The molecular weight excluding hydrogens is 449 g/mol. The number of ether oxygens (including phenoxy) is 1. The number of carbonyl (C=O) groups excluding carboxylic acids is 1. The summed E-state index contributed by atoms with van der Waals surface area (Å²) in [6, 6.07) is -1.43. The normalized spacial score (nSPS) is 14.3. The maximum absolute atomic E-state index is 11.7. The largest absolute Gasteiger partial charge is 0.480 e. The van der Waals surface area contributed by atoms with Crippen LogP contribution in [-0.2, 0) is 27.9 Å². The van der Waals surface area contributed by atoms with Gasteiger partial charge in [-0.1, -0.05) is 70.4 Å². The van der Waals surface area contributed by atoms with Crippen molar-refractivity contribution in [3.8, 4) is 0 Å². The SMILES string of the molecule is CCCCCCCC/C=C\CCCCCCCC(=O)OCCOP(=O)(O)OC[C@H](N)C(=O)O. The number of phosphoric ester groups is 1. The van der Waals surface area contributed by atoms with E-state index < -0.39 is 32.4 Å². The highest BCUT2D eigenvalue weighted by Crippen LogP contribution is 2.42. The number of hydrogen-bond acceptors (Lipinski definition) is 7. The molecule has 0 saturated heterocycles. The van der Waals surface area contributed by atoms with Crippen LogP contribution in [0.3, 0.4) is 0 Å². The average molecular weight is 494 g/mol. The van der Waals surface area contributed by atoms with Crippen LogP contribution in [0.25, 0.3) is 0 Å². The molecule has 0 spiro atoms. The fourth-order valence-electron chi connectivity index (χ4n) is 3.00. The molecule has 0 rings (SSSR count). The summed E-state index contributed by atoms with van der Waals surface area (Å²) in [6.45, 7) is 1.04. The molecule has 0 heterocycles. The van der Waals surface area contributed by atoms with Crippen LogP contribution in [0.4, 0.5) is 0 Å². The maximum atomic E-state index is 11.7. The average Bonchev–Trinajstić information content (AvgIpc) is 2.77. The minimum atomic E-state index is -4.44. The molecule has 0 aromatic rings. The van der Waals surface area contributed by atoms with Gasteiger partial charge < -0.3 is 20.5 Å². The molecule has 0 saturated carbocycles. The van der Waals surface area contributed by atoms with E-state index in [-0.39, 0.29) is 13.2 Å². The van der Waals surface area contributed by atoms with E-state index >= 15 is 0 Å². The monoisotopic (exact) mass is 493 g/mol. The van der Waals surface area contributed by atoms with E-state index in [2.05, 4.69) is 28.1 Å². The Kier molecular flexibility index (Phi) is 20.5. The van der Waals surface area contributed by atoms with Gasteiger partial charge in [-0.15, -0.1) is 0 Å². The lowest BCUT2D eigenvalue weighted by Crippen LogP contribution is -2.34. The third kappa shape index (κ3) is 22.3. The summed E-state index contributed by atoms with van der Waals surface area (Å²) < 4.78 is 25.5. The third-order valence-electron chi connectivity index (χ3n) is 4.98. The molecule has 33 heavy (non-hydrogen) atoms. The number of hydrogen-bond donors (Lipinski definition) is 3. The lowest BCUT2D eigenvalue weighted by Gasteiger charge is -2.13. The van der Waals surface area contributed by atoms with Crippen LogP contribution in [0, 0.1) is 0 Å². The summed E-state index contributed by atoms with van der Waals surface area (Å²) in [5, 5.41) is 8.58. The van der Waals surface area contributed by atoms with Gasteiger partial charge in [-0.05, 0) is 32.1 Å². The van der Waals surface area contributed by atoms with E-state index in [0.29, 0.717) is 6.42 Å². The first-order valence-electron chi connectivity index (χ1n) is 12.2. The van der Waals surface area contributed by atoms with Crippen molar-refractivity contribution < 1.29 is 37.9 Å². The molecule has 0 aromatic heterocycles. The standard InChI is InChI=1S/C23H44NO8P/c1-2-3-4-5-6-7-8-9-10-11-12-13-14-15-16-17-22(25)30-18-19-31-33(28,29)32-20-21(24)23(26)27/h9-10,21H,2-8,11-20,24H2,1H3,(H,26,27)(H,28,29)/b10-9-/t21-/m0/s1. The van der Waals surface area contributed by atoms with E-state index in [1.54, 1.807) is 0 Å². The van der Waals surface area contributed by atoms with Crippen LogP contribution in [-0.4, -0.2) is 47.8 Å². The second-order valence-electron chi connectivity index (χ2n) is 8.10. The number of carbonyl (C=O) groups is 2. The number of allylic oxidation sites excluding steroid dienone is 2. The van der Waals surface area contributed by atoms with Crippen molar-refractivity contribution in [1.82, 2.24) is 0 Å². The molecule has 0 aliphatic heterocycles. The summed E-state index contributed by atoms with van der Waals surface area (Å²) in [4.78, 5) is 31.6. The van der Waals surface area contributed by atoms with Crippen molar-refractivity contribution in [2.24, 2.45) is 5.73 Å². The lowest BCUT2D eigenvalue weighted by molar-refractivity contribution is -0.145. The summed E-state index contributed by atoms with van der Waals surface area (Å²) in [7, 11) is -4.44. The van der Waals surface area contributed by atoms with Crippen LogP contribution in [0.1, 0.15) is 96.8 Å². The zero-order valence-corrected chi connectivity index (χ0v) is 21.0. The Morgan fingerprint density at radius 2 is 1.42 bits per heavy atom. The minimum absolute atomic E-state index is 0.192. The van der Waals surface area contributed by atoms with Gasteiger partial charge in [-0.2, -0.15) is 0 Å². The number of rotatable bonds is 23. The second-order valence-corrected chi connectivity index (χ2v) is 9.55. The first-order valence-corrected chi connectivity index (χ1v) is 13.7. The summed E-state index contributed by atoms with van der Waals surface area (Å²) in [5.41, 5.74) is 5.16. The van der Waals surface area contributed by atoms with Crippen molar-refractivity contribution in [2.45, 2.75) is 103 Å². The van der Waals surface area contributed by atoms with Gasteiger partial charge in [0.2, 0.25) is 0 Å². The first kappa shape index (κ1) is 31.8. The van der Waals surface area contributed by atoms with Gasteiger partial charge in [-0.3, -0.25) is 18.6 Å². The molecule has 0 fully saturated rings. The molecule has 4 N–H and O–H groups in total. The van der Waals surface area contributed by atoms with Crippen LogP contribution in [0.15, 0.2) is 12.2 Å². The van der Waals surface area contributed by atoms with Crippen molar-refractivity contribution in [2.75, 3.05) is 19.8 Å². The Hall–Kier alpha value is -1.25. The Morgan fingerprint density at radius 1 is 0.879 bits per heavy atom. The van der Waals surface area contributed by atoms with Crippen LogP contribution in [0.2, 0.25) is 0 Å². The van der Waals surface area contributed by atoms with E-state index in [1.807, 2.05) is 0 Å². The topological polar surface area (TPSA) is 145 Å². The molecule has 194 valence electrons. The fraction of sp³-hybridized carbons (Fsp3) is 0.826. The van der Waals surface area contributed by atoms with Crippen molar-refractivity contribution in [3.05, 3.63) is 12.2 Å². The summed E-state index contributed by atoms with van der Waals surface area (Å²) >= 11 is 0. The maximum Gasteiger partial charge on any atom is 0.472 e. The summed E-state index contributed by atoms with van der Waals surface area (Å²) in [5.74, 6) is -1.75. The van der Waals surface area contributed by atoms with E-state index in [0.717, 1.165) is 38.5 Å². The van der Waals surface area contributed by atoms with E-state index in [1.165, 1.54) is 44.9 Å². The number of nitrogens with two attached hydrogens (primary N) is 1. The number of carboxylic acids is 1. The van der Waals surface area contributed by atoms with Gasteiger partial charge in [-0.25, -0.2) is 4.57 Å². The predicted molar refractivity (Wildman–Crippen MR) is 128 cm³/mol. The zero-order chi connectivity index (χ0) is 24.8. The van der Waals surface area contributed by atoms with Gasteiger partial charge in [0.15, 0.2) is 0 Å². The van der Waals surface area contributed by atoms with Crippen molar-refractivity contribution in [1.29, 1.82) is 0 Å². The molecule has 0 bridgehead atoms. The van der Waals surface area contributed by atoms with E-state index in [4.69, 9.17) is 15.6 Å².